The number of rotatable bonds is 4. The molecule has 0 saturated carbocycles. The molecule has 0 fully saturated rings. The summed E-state index contributed by atoms with van der Waals surface area (Å²) >= 11 is 0. The van der Waals surface area contributed by atoms with Crippen molar-refractivity contribution >= 4 is 11.6 Å². The van der Waals surface area contributed by atoms with Crippen LogP contribution >= 0.6 is 0 Å². The van der Waals surface area contributed by atoms with E-state index < -0.39 is 11.5 Å². The summed E-state index contributed by atoms with van der Waals surface area (Å²) in [6.45, 7) is 1.49. The Morgan fingerprint density at radius 3 is 3.00 bits per heavy atom. The topological polar surface area (TPSA) is 120 Å². The Morgan fingerprint density at radius 2 is 2.40 bits per heavy atom. The minimum atomic E-state index is -0.708. The molecule has 0 spiro atoms. The molecule has 8 nitrogen and oxygen atoms in total. The molecule has 2 aromatic rings. The number of hydrogen-bond acceptors (Lipinski definition) is 6. The molecule has 0 aromatic carbocycles. The molecule has 2 aromatic heterocycles. The van der Waals surface area contributed by atoms with Crippen LogP contribution in [0.3, 0.4) is 0 Å². The first-order valence-corrected chi connectivity index (χ1v) is 5.95. The van der Waals surface area contributed by atoms with Gasteiger partial charge in [0.1, 0.15) is 17.3 Å². The molecule has 0 saturated heterocycles. The maximum atomic E-state index is 12.2. The Kier molecular flexibility index (Phi) is 3.81. The Bertz CT molecular complexity index is 753. The van der Waals surface area contributed by atoms with Gasteiger partial charge < -0.3 is 14.8 Å². The van der Waals surface area contributed by atoms with Crippen molar-refractivity contribution < 1.29 is 14.6 Å². The third kappa shape index (κ3) is 2.15. The van der Waals surface area contributed by atoms with Crippen molar-refractivity contribution in [2.45, 2.75) is 13.3 Å². The molecule has 2 rings (SSSR count). The Morgan fingerprint density at radius 1 is 1.65 bits per heavy atom. The normalized spacial score (nSPS) is 10.4. The van der Waals surface area contributed by atoms with Crippen LogP contribution in [-0.4, -0.2) is 38.9 Å². The van der Waals surface area contributed by atoms with E-state index >= 15 is 0 Å². The number of aromatic nitrogens is 3. The Hall–Kier alpha value is -2.66. The number of nitriles is 1. The van der Waals surface area contributed by atoms with E-state index in [1.54, 1.807) is 6.92 Å². The fraction of sp³-hybridized carbons (Fsp3) is 0.333. The molecular formula is C12H12N4O4. The molecular weight excluding hydrogens is 264 g/mol. The third-order valence-corrected chi connectivity index (χ3v) is 2.73. The van der Waals surface area contributed by atoms with E-state index in [0.29, 0.717) is 0 Å². The fourth-order valence-corrected chi connectivity index (χ4v) is 1.85. The van der Waals surface area contributed by atoms with Crippen molar-refractivity contribution in [2.24, 2.45) is 0 Å². The van der Waals surface area contributed by atoms with Crippen LogP contribution in [0.15, 0.2) is 11.0 Å². The lowest BCUT2D eigenvalue weighted by atomic mass is 10.1. The van der Waals surface area contributed by atoms with Crippen LogP contribution in [0.1, 0.15) is 28.5 Å². The van der Waals surface area contributed by atoms with Gasteiger partial charge in [-0.1, -0.05) is 0 Å². The highest BCUT2D eigenvalue weighted by molar-refractivity contribution is 5.89. The van der Waals surface area contributed by atoms with Crippen molar-refractivity contribution in [1.29, 1.82) is 5.26 Å². The summed E-state index contributed by atoms with van der Waals surface area (Å²) in [6, 6.07) is 1.87. The number of nitrogens with zero attached hydrogens (tertiary/aromatic N) is 3. The first kappa shape index (κ1) is 13.8. The summed E-state index contributed by atoms with van der Waals surface area (Å²) in [4.78, 5) is 26.8. The number of hydrogen-bond donors (Lipinski definition) is 2. The van der Waals surface area contributed by atoms with Crippen LogP contribution in [-0.2, 0) is 11.2 Å². The summed E-state index contributed by atoms with van der Waals surface area (Å²) in [6.07, 6.45) is 1.21. The molecule has 0 radical (unpaired) electrons. The number of aliphatic hydroxyl groups excluding tert-OH is 1. The van der Waals surface area contributed by atoms with E-state index in [1.165, 1.54) is 6.20 Å². The van der Waals surface area contributed by atoms with Crippen molar-refractivity contribution in [2.75, 3.05) is 13.2 Å². The van der Waals surface area contributed by atoms with Crippen LogP contribution in [0, 0.1) is 11.3 Å². The number of esters is 1. The van der Waals surface area contributed by atoms with Crippen molar-refractivity contribution in [3.63, 3.8) is 0 Å². The minimum Gasteiger partial charge on any atom is -0.461 e. The van der Waals surface area contributed by atoms with Crippen LogP contribution < -0.4 is 5.56 Å². The zero-order chi connectivity index (χ0) is 14.7. The quantitative estimate of drug-likeness (QED) is 0.733. The largest absolute Gasteiger partial charge is 0.461 e. The number of carbonyl (C=O) groups excluding carboxylic acids is 1. The zero-order valence-electron chi connectivity index (χ0n) is 10.7. The SMILES string of the molecule is CCOC(=O)c1[nH]c2c(C#N)cnn2c(=O)c1CCO. The third-order valence-electron chi connectivity index (χ3n) is 2.73. The van der Waals surface area contributed by atoms with Gasteiger partial charge in [0.05, 0.1) is 18.4 Å². The molecule has 104 valence electrons. The molecule has 0 atom stereocenters. The van der Waals surface area contributed by atoms with Gasteiger partial charge in [0.15, 0.2) is 5.65 Å². The fourth-order valence-electron chi connectivity index (χ4n) is 1.85. The van der Waals surface area contributed by atoms with Crippen LogP contribution in [0.4, 0.5) is 0 Å². The van der Waals surface area contributed by atoms with E-state index in [0.717, 1.165) is 4.52 Å². The molecule has 8 heteroatoms. The van der Waals surface area contributed by atoms with Gasteiger partial charge in [0.2, 0.25) is 0 Å². The Balaban J connectivity index is 2.76. The number of nitrogens with one attached hydrogen (secondary N) is 1. The number of aromatic amines is 1. The van der Waals surface area contributed by atoms with Crippen molar-refractivity contribution in [3.05, 3.63) is 33.4 Å². The summed E-state index contributed by atoms with van der Waals surface area (Å²) in [5.74, 6) is -0.708. The van der Waals surface area contributed by atoms with Crippen LogP contribution in [0.25, 0.3) is 5.65 Å². The van der Waals surface area contributed by atoms with Gasteiger partial charge in [-0.3, -0.25) is 4.79 Å². The maximum absolute atomic E-state index is 12.2. The summed E-state index contributed by atoms with van der Waals surface area (Å²) in [5.41, 5.74) is -0.274. The zero-order valence-corrected chi connectivity index (χ0v) is 10.7. The van der Waals surface area contributed by atoms with Gasteiger partial charge >= 0.3 is 5.97 Å². The van der Waals surface area contributed by atoms with E-state index in [1.807, 2.05) is 6.07 Å². The summed E-state index contributed by atoms with van der Waals surface area (Å²) in [7, 11) is 0. The highest BCUT2D eigenvalue weighted by atomic mass is 16.5. The van der Waals surface area contributed by atoms with Gasteiger partial charge in [-0.05, 0) is 6.92 Å². The van der Waals surface area contributed by atoms with Gasteiger partial charge in [-0.25, -0.2) is 4.79 Å². The predicted molar refractivity (Wildman–Crippen MR) is 67.3 cm³/mol. The van der Waals surface area contributed by atoms with Crippen molar-refractivity contribution in [1.82, 2.24) is 14.6 Å². The number of fused-ring (bicyclic) bond motifs is 1. The average Bonchev–Trinajstić information content (AvgIpc) is 2.85. The van der Waals surface area contributed by atoms with E-state index in [4.69, 9.17) is 15.1 Å². The monoisotopic (exact) mass is 276 g/mol. The minimum absolute atomic E-state index is 0.0127. The highest BCUT2D eigenvalue weighted by Gasteiger charge is 2.20. The summed E-state index contributed by atoms with van der Waals surface area (Å²) in [5, 5.41) is 21.8. The van der Waals surface area contributed by atoms with Crippen LogP contribution in [0.5, 0.6) is 0 Å². The smallest absolute Gasteiger partial charge is 0.355 e. The highest BCUT2D eigenvalue weighted by Crippen LogP contribution is 2.10. The van der Waals surface area contributed by atoms with Gasteiger partial charge in [0.25, 0.3) is 5.56 Å². The molecule has 20 heavy (non-hydrogen) atoms. The average molecular weight is 276 g/mol. The number of H-pyrrole nitrogens is 1. The predicted octanol–water partition coefficient (Wildman–Crippen LogP) is -0.394. The molecule has 0 aliphatic heterocycles. The first-order valence-electron chi connectivity index (χ1n) is 5.95. The Labute approximate surface area is 113 Å². The standard InChI is InChI=1S/C12H12N4O4/c1-2-20-12(19)9-8(3-4-17)11(18)16-10(15-9)7(5-13)6-14-16/h6,15,17H,2-4H2,1H3. The maximum Gasteiger partial charge on any atom is 0.355 e. The molecule has 0 aliphatic carbocycles. The van der Waals surface area contributed by atoms with E-state index in [-0.39, 0.29) is 42.1 Å². The summed E-state index contributed by atoms with van der Waals surface area (Å²) < 4.78 is 5.86. The second-order valence-corrected chi connectivity index (χ2v) is 3.91. The molecule has 0 unspecified atom stereocenters. The van der Waals surface area contributed by atoms with Crippen LogP contribution in [0.2, 0.25) is 0 Å². The molecule has 0 bridgehead atoms. The lowest BCUT2D eigenvalue weighted by Gasteiger charge is -2.08. The van der Waals surface area contributed by atoms with Gasteiger partial charge in [-0.15, -0.1) is 0 Å². The van der Waals surface area contributed by atoms with Gasteiger partial charge in [0, 0.05) is 13.0 Å². The van der Waals surface area contributed by atoms with Gasteiger partial charge in [-0.2, -0.15) is 14.9 Å². The molecule has 0 aliphatic rings. The second-order valence-electron chi connectivity index (χ2n) is 3.91. The molecule has 0 amide bonds. The number of aliphatic hydroxyl groups is 1. The van der Waals surface area contributed by atoms with Crippen molar-refractivity contribution in [3.8, 4) is 6.07 Å². The lowest BCUT2D eigenvalue weighted by Crippen LogP contribution is -2.26. The molecule has 2 heterocycles. The first-order chi connectivity index (χ1) is 9.63. The lowest BCUT2D eigenvalue weighted by molar-refractivity contribution is 0.0517. The molecule has 2 N–H and O–H groups in total. The number of carbonyl (C=O) groups is 1. The number of ether oxygens (including phenoxy) is 1. The van der Waals surface area contributed by atoms with E-state index in [2.05, 4.69) is 10.1 Å². The second kappa shape index (κ2) is 5.54. The van der Waals surface area contributed by atoms with E-state index in [9.17, 15) is 9.59 Å².